The van der Waals surface area contributed by atoms with E-state index < -0.39 is 0 Å². The average Bonchev–Trinajstić information content (AvgIpc) is 2.72. The molecule has 1 unspecified atom stereocenters. The zero-order valence-electron chi connectivity index (χ0n) is 14.8. The van der Waals surface area contributed by atoms with E-state index in [-0.39, 0.29) is 17.8 Å². The van der Waals surface area contributed by atoms with E-state index in [2.05, 4.69) is 9.97 Å². The molecule has 27 heavy (non-hydrogen) atoms. The Morgan fingerprint density at radius 2 is 2.15 bits per heavy atom. The fraction of sp³-hybridized carbons (Fsp3) is 0.250. The smallest absolute Gasteiger partial charge is 0.259 e. The molecule has 0 aliphatic carbocycles. The quantitative estimate of drug-likeness (QED) is 0.712. The maximum atomic E-state index is 13.5. The third kappa shape index (κ3) is 3.46. The van der Waals surface area contributed by atoms with Crippen molar-refractivity contribution in [3.63, 3.8) is 0 Å². The van der Waals surface area contributed by atoms with Crippen molar-refractivity contribution in [2.75, 3.05) is 26.8 Å². The Kier molecular flexibility index (Phi) is 4.68. The van der Waals surface area contributed by atoms with E-state index >= 15 is 0 Å². The van der Waals surface area contributed by atoms with Gasteiger partial charge >= 0.3 is 0 Å². The Balaban J connectivity index is 1.58. The second-order valence-electron chi connectivity index (χ2n) is 6.27. The lowest BCUT2D eigenvalue weighted by Gasteiger charge is -2.33. The van der Waals surface area contributed by atoms with Crippen molar-refractivity contribution in [1.29, 1.82) is 0 Å². The predicted molar refractivity (Wildman–Crippen MR) is 97.1 cm³/mol. The van der Waals surface area contributed by atoms with Crippen molar-refractivity contribution in [2.24, 2.45) is 0 Å². The highest BCUT2D eigenvalue weighted by molar-refractivity contribution is 5.96. The first-order chi connectivity index (χ1) is 13.2. The summed E-state index contributed by atoms with van der Waals surface area (Å²) in [5.74, 6) is -0.172. The van der Waals surface area contributed by atoms with Gasteiger partial charge in [-0.15, -0.1) is 0 Å². The lowest BCUT2D eigenvalue weighted by molar-refractivity contribution is -0.0247. The number of carbonyl (C=O) groups is 1. The van der Waals surface area contributed by atoms with Gasteiger partial charge in [0.2, 0.25) is 5.88 Å². The maximum absolute atomic E-state index is 13.5. The number of aromatic nitrogens is 2. The van der Waals surface area contributed by atoms with Crippen molar-refractivity contribution < 1.29 is 18.7 Å². The van der Waals surface area contributed by atoms with Gasteiger partial charge in [0.25, 0.3) is 5.91 Å². The SMILES string of the molecule is COc1ncccc1C(=O)N1CCOC(c2cc3cc(F)ccc3cn2)C1. The van der Waals surface area contributed by atoms with Gasteiger partial charge in [0.1, 0.15) is 17.5 Å². The van der Waals surface area contributed by atoms with Crippen LogP contribution in [0.15, 0.2) is 48.8 Å². The molecule has 0 N–H and O–H groups in total. The monoisotopic (exact) mass is 367 g/mol. The number of amides is 1. The molecule has 7 heteroatoms. The van der Waals surface area contributed by atoms with Gasteiger partial charge < -0.3 is 14.4 Å². The third-order valence-corrected chi connectivity index (χ3v) is 4.58. The number of ether oxygens (including phenoxy) is 2. The van der Waals surface area contributed by atoms with Gasteiger partial charge in [-0.1, -0.05) is 0 Å². The van der Waals surface area contributed by atoms with Gasteiger partial charge in [-0.25, -0.2) is 9.37 Å². The summed E-state index contributed by atoms with van der Waals surface area (Å²) in [5.41, 5.74) is 1.08. The van der Waals surface area contributed by atoms with E-state index in [0.29, 0.717) is 36.8 Å². The first kappa shape index (κ1) is 17.4. The van der Waals surface area contributed by atoms with E-state index in [9.17, 15) is 9.18 Å². The second-order valence-corrected chi connectivity index (χ2v) is 6.27. The molecule has 1 aromatic carbocycles. The molecule has 3 aromatic rings. The summed E-state index contributed by atoms with van der Waals surface area (Å²) in [4.78, 5) is 23.1. The van der Waals surface area contributed by atoms with E-state index in [1.165, 1.54) is 19.2 Å². The van der Waals surface area contributed by atoms with Crippen LogP contribution >= 0.6 is 0 Å². The summed E-state index contributed by atoms with van der Waals surface area (Å²) in [6.45, 7) is 1.21. The Hall–Kier alpha value is -3.06. The molecule has 0 spiro atoms. The molecular weight excluding hydrogens is 349 g/mol. The van der Waals surface area contributed by atoms with Crippen LogP contribution in [0.4, 0.5) is 4.39 Å². The highest BCUT2D eigenvalue weighted by atomic mass is 19.1. The van der Waals surface area contributed by atoms with Gasteiger partial charge in [-0.05, 0) is 41.8 Å². The molecule has 0 bridgehead atoms. The van der Waals surface area contributed by atoms with Crippen LogP contribution < -0.4 is 4.74 Å². The summed E-state index contributed by atoms with van der Waals surface area (Å²) >= 11 is 0. The van der Waals surface area contributed by atoms with Crippen molar-refractivity contribution >= 4 is 16.7 Å². The molecule has 1 saturated heterocycles. The minimum atomic E-state index is -0.377. The fourth-order valence-electron chi connectivity index (χ4n) is 3.20. The van der Waals surface area contributed by atoms with Crippen LogP contribution in [0.2, 0.25) is 0 Å². The van der Waals surface area contributed by atoms with E-state index in [0.717, 1.165) is 10.8 Å². The Bertz CT molecular complexity index is 995. The molecule has 0 saturated carbocycles. The van der Waals surface area contributed by atoms with Crippen molar-refractivity contribution in [3.05, 3.63) is 65.9 Å². The zero-order valence-corrected chi connectivity index (χ0v) is 14.8. The topological polar surface area (TPSA) is 64.5 Å². The number of methoxy groups -OCH3 is 1. The van der Waals surface area contributed by atoms with Crippen LogP contribution in [0.25, 0.3) is 10.8 Å². The molecule has 2 aromatic heterocycles. The summed E-state index contributed by atoms with van der Waals surface area (Å²) in [6, 6.07) is 9.76. The number of hydrogen-bond acceptors (Lipinski definition) is 5. The second kappa shape index (κ2) is 7.28. The van der Waals surface area contributed by atoms with E-state index in [1.54, 1.807) is 35.5 Å². The normalized spacial score (nSPS) is 17.1. The number of morpholine rings is 1. The first-order valence-corrected chi connectivity index (χ1v) is 8.61. The number of pyridine rings is 2. The molecule has 1 aliphatic rings. The largest absolute Gasteiger partial charge is 0.480 e. The maximum Gasteiger partial charge on any atom is 0.259 e. The lowest BCUT2D eigenvalue weighted by Crippen LogP contribution is -2.42. The van der Waals surface area contributed by atoms with Crippen LogP contribution in [-0.4, -0.2) is 47.6 Å². The van der Waals surface area contributed by atoms with Crippen molar-refractivity contribution in [2.45, 2.75) is 6.10 Å². The van der Waals surface area contributed by atoms with Gasteiger partial charge in [0.05, 0.1) is 26.0 Å². The van der Waals surface area contributed by atoms with Crippen LogP contribution in [0.3, 0.4) is 0 Å². The fourth-order valence-corrected chi connectivity index (χ4v) is 3.20. The molecule has 1 amide bonds. The molecule has 4 rings (SSSR count). The summed E-state index contributed by atoms with van der Waals surface area (Å²) in [6.07, 6.45) is 2.90. The number of hydrogen-bond donors (Lipinski definition) is 0. The highest BCUT2D eigenvalue weighted by Gasteiger charge is 2.28. The molecule has 1 fully saturated rings. The molecule has 0 radical (unpaired) electrons. The van der Waals surface area contributed by atoms with Crippen molar-refractivity contribution in [1.82, 2.24) is 14.9 Å². The molecule has 1 aliphatic heterocycles. The van der Waals surface area contributed by atoms with Gasteiger partial charge in [0, 0.05) is 24.3 Å². The van der Waals surface area contributed by atoms with Gasteiger partial charge in [0.15, 0.2) is 0 Å². The number of nitrogens with zero attached hydrogens (tertiary/aromatic N) is 3. The molecule has 6 nitrogen and oxygen atoms in total. The molecule has 1 atom stereocenters. The standard InChI is InChI=1S/C20H18FN3O3/c1-26-19-16(3-2-6-22-19)20(25)24-7-8-27-18(12-24)17-10-14-9-15(21)5-4-13(14)11-23-17/h2-6,9-11,18H,7-8,12H2,1H3. The lowest BCUT2D eigenvalue weighted by atomic mass is 10.1. The number of carbonyl (C=O) groups excluding carboxylic acids is 1. The summed E-state index contributed by atoms with van der Waals surface area (Å²) in [5, 5.41) is 1.60. The van der Waals surface area contributed by atoms with Crippen LogP contribution in [0.5, 0.6) is 5.88 Å². The Labute approximate surface area is 155 Å². The number of fused-ring (bicyclic) bond motifs is 1. The van der Waals surface area contributed by atoms with Crippen LogP contribution in [-0.2, 0) is 4.74 Å². The van der Waals surface area contributed by atoms with Gasteiger partial charge in [-0.2, -0.15) is 0 Å². The summed E-state index contributed by atoms with van der Waals surface area (Å²) in [7, 11) is 1.49. The van der Waals surface area contributed by atoms with Gasteiger partial charge in [-0.3, -0.25) is 9.78 Å². The Morgan fingerprint density at radius 1 is 1.26 bits per heavy atom. The first-order valence-electron chi connectivity index (χ1n) is 8.61. The van der Waals surface area contributed by atoms with Crippen LogP contribution in [0.1, 0.15) is 22.2 Å². The Morgan fingerprint density at radius 3 is 3.00 bits per heavy atom. The minimum Gasteiger partial charge on any atom is -0.480 e. The number of halogens is 1. The highest BCUT2D eigenvalue weighted by Crippen LogP contribution is 2.26. The number of rotatable bonds is 3. The van der Waals surface area contributed by atoms with Crippen LogP contribution in [0, 0.1) is 5.82 Å². The zero-order chi connectivity index (χ0) is 18.8. The average molecular weight is 367 g/mol. The third-order valence-electron chi connectivity index (χ3n) is 4.58. The van der Waals surface area contributed by atoms with E-state index in [1.807, 2.05) is 6.07 Å². The summed E-state index contributed by atoms with van der Waals surface area (Å²) < 4.78 is 24.5. The predicted octanol–water partition coefficient (Wildman–Crippen LogP) is 2.99. The molecular formula is C20H18FN3O3. The van der Waals surface area contributed by atoms with E-state index in [4.69, 9.17) is 9.47 Å². The van der Waals surface area contributed by atoms with Crippen molar-refractivity contribution in [3.8, 4) is 5.88 Å². The molecule has 3 heterocycles. The molecule has 138 valence electrons. The minimum absolute atomic E-state index is 0.167. The number of benzene rings is 1.